The molecule has 2 aromatic carbocycles. The number of fused-ring (bicyclic) bond motifs is 1. The molecule has 2 heterocycles. The van der Waals surface area contributed by atoms with E-state index in [1.165, 1.54) is 36.6 Å². The number of benzene rings is 2. The van der Waals surface area contributed by atoms with E-state index in [0.717, 1.165) is 35.2 Å². The molecule has 0 atom stereocenters. The van der Waals surface area contributed by atoms with Gasteiger partial charge >= 0.3 is 5.63 Å². The molecule has 1 saturated heterocycles. The number of phenolic OH excluding ortho intramolecular Hbond substituents is 1. The standard InChI is InChI=1S/C22H23NO3/c24-20-11-10-17-18(16-8-4-3-5-9-16)14-21(25)26-22(17)19(20)15-23-12-6-1-2-7-13-23/h3-5,8-11,14,24H,1-2,6-7,12-13,15H2/p+1. The molecule has 1 aliphatic heterocycles. The van der Waals surface area contributed by atoms with Crippen molar-refractivity contribution in [1.29, 1.82) is 0 Å². The van der Waals surface area contributed by atoms with Gasteiger partial charge in [-0.1, -0.05) is 30.3 Å². The van der Waals surface area contributed by atoms with Crippen molar-refractivity contribution >= 4 is 11.0 Å². The number of hydrogen-bond acceptors (Lipinski definition) is 3. The van der Waals surface area contributed by atoms with Gasteiger partial charge in [0.15, 0.2) is 5.58 Å². The number of aromatic hydroxyl groups is 1. The fraction of sp³-hybridized carbons (Fsp3) is 0.318. The van der Waals surface area contributed by atoms with Crippen molar-refractivity contribution in [3.05, 3.63) is 64.5 Å². The number of quaternary nitrogens is 1. The molecule has 0 unspecified atom stereocenters. The van der Waals surface area contributed by atoms with Crippen molar-refractivity contribution in [1.82, 2.24) is 0 Å². The lowest BCUT2D eigenvalue weighted by molar-refractivity contribution is -0.913. The van der Waals surface area contributed by atoms with E-state index in [9.17, 15) is 9.90 Å². The summed E-state index contributed by atoms with van der Waals surface area (Å²) < 4.78 is 5.58. The van der Waals surface area contributed by atoms with Gasteiger partial charge in [-0.05, 0) is 48.9 Å². The molecule has 134 valence electrons. The zero-order chi connectivity index (χ0) is 17.9. The van der Waals surface area contributed by atoms with Crippen LogP contribution >= 0.6 is 0 Å². The summed E-state index contributed by atoms with van der Waals surface area (Å²) in [6, 6.07) is 14.9. The van der Waals surface area contributed by atoms with Gasteiger partial charge in [0.2, 0.25) is 0 Å². The van der Waals surface area contributed by atoms with Gasteiger partial charge in [-0.3, -0.25) is 0 Å². The minimum atomic E-state index is -0.380. The van der Waals surface area contributed by atoms with Gasteiger partial charge in [-0.15, -0.1) is 0 Å². The maximum atomic E-state index is 12.2. The Hall–Kier alpha value is -2.59. The quantitative estimate of drug-likeness (QED) is 0.714. The number of likely N-dealkylation sites (tertiary alicyclic amines) is 1. The highest BCUT2D eigenvalue weighted by molar-refractivity contribution is 5.95. The van der Waals surface area contributed by atoms with E-state index < -0.39 is 0 Å². The van der Waals surface area contributed by atoms with Crippen LogP contribution in [0.1, 0.15) is 31.2 Å². The zero-order valence-electron chi connectivity index (χ0n) is 14.8. The molecule has 0 saturated carbocycles. The Morgan fingerprint density at radius 3 is 2.42 bits per heavy atom. The van der Waals surface area contributed by atoms with E-state index in [0.29, 0.717) is 12.1 Å². The van der Waals surface area contributed by atoms with Crippen LogP contribution < -0.4 is 10.5 Å². The molecule has 0 bridgehead atoms. The van der Waals surface area contributed by atoms with Gasteiger partial charge in [-0.2, -0.15) is 0 Å². The Kier molecular flexibility index (Phi) is 4.76. The molecule has 1 fully saturated rings. The van der Waals surface area contributed by atoms with Crippen LogP contribution in [0.3, 0.4) is 0 Å². The number of rotatable bonds is 3. The van der Waals surface area contributed by atoms with Crippen LogP contribution in [-0.2, 0) is 6.54 Å². The summed E-state index contributed by atoms with van der Waals surface area (Å²) in [6.45, 7) is 2.88. The summed E-state index contributed by atoms with van der Waals surface area (Å²) in [5.74, 6) is 0.211. The highest BCUT2D eigenvalue weighted by Crippen LogP contribution is 2.32. The molecule has 0 spiro atoms. The lowest BCUT2D eigenvalue weighted by Crippen LogP contribution is -3.10. The van der Waals surface area contributed by atoms with E-state index in [4.69, 9.17) is 4.42 Å². The normalized spacial score (nSPS) is 15.8. The third kappa shape index (κ3) is 3.37. The van der Waals surface area contributed by atoms with Crippen molar-refractivity contribution in [2.45, 2.75) is 32.2 Å². The van der Waals surface area contributed by atoms with Crippen LogP contribution in [0.5, 0.6) is 5.75 Å². The van der Waals surface area contributed by atoms with E-state index in [1.807, 2.05) is 36.4 Å². The summed E-state index contributed by atoms with van der Waals surface area (Å²) in [4.78, 5) is 13.7. The second kappa shape index (κ2) is 7.34. The van der Waals surface area contributed by atoms with Crippen molar-refractivity contribution < 1.29 is 14.4 Å². The van der Waals surface area contributed by atoms with Crippen LogP contribution in [-0.4, -0.2) is 18.2 Å². The Bertz CT molecular complexity index is 954. The van der Waals surface area contributed by atoms with Gasteiger partial charge in [-0.25, -0.2) is 4.79 Å². The van der Waals surface area contributed by atoms with E-state index >= 15 is 0 Å². The van der Waals surface area contributed by atoms with Gasteiger partial charge < -0.3 is 14.4 Å². The van der Waals surface area contributed by atoms with E-state index in [2.05, 4.69) is 0 Å². The predicted molar refractivity (Wildman–Crippen MR) is 102 cm³/mol. The van der Waals surface area contributed by atoms with Crippen LogP contribution in [0.25, 0.3) is 22.1 Å². The molecule has 4 rings (SSSR count). The first-order valence-corrected chi connectivity index (χ1v) is 9.40. The van der Waals surface area contributed by atoms with E-state index in [1.54, 1.807) is 6.07 Å². The highest BCUT2D eigenvalue weighted by Gasteiger charge is 2.20. The van der Waals surface area contributed by atoms with Crippen LogP contribution in [0.15, 0.2) is 57.7 Å². The van der Waals surface area contributed by atoms with Crippen LogP contribution in [0.2, 0.25) is 0 Å². The fourth-order valence-corrected chi connectivity index (χ4v) is 3.95. The largest absolute Gasteiger partial charge is 0.507 e. The Labute approximate surface area is 152 Å². The first kappa shape index (κ1) is 16.9. The molecule has 3 aromatic rings. The van der Waals surface area contributed by atoms with Gasteiger partial charge in [0, 0.05) is 11.5 Å². The molecule has 0 radical (unpaired) electrons. The monoisotopic (exact) mass is 350 g/mol. The summed E-state index contributed by atoms with van der Waals surface area (Å²) in [5, 5.41) is 11.4. The molecular formula is C22H24NO3+. The van der Waals surface area contributed by atoms with E-state index in [-0.39, 0.29) is 11.4 Å². The molecule has 1 aromatic heterocycles. The van der Waals surface area contributed by atoms with Gasteiger partial charge in [0.25, 0.3) is 0 Å². The SMILES string of the molecule is O=c1cc(-c2ccccc2)c2ccc(O)c(C[NH+]3CCCCCC3)c2o1. The van der Waals surface area contributed by atoms with Gasteiger partial charge in [0.1, 0.15) is 12.3 Å². The predicted octanol–water partition coefficient (Wildman–Crippen LogP) is 3.12. The number of nitrogens with one attached hydrogen (secondary N) is 1. The van der Waals surface area contributed by atoms with Crippen molar-refractivity contribution in [3.63, 3.8) is 0 Å². The second-order valence-electron chi connectivity index (χ2n) is 7.13. The topological polar surface area (TPSA) is 54.9 Å². The summed E-state index contributed by atoms with van der Waals surface area (Å²) in [6.07, 6.45) is 4.97. The third-order valence-corrected chi connectivity index (χ3v) is 5.31. The Morgan fingerprint density at radius 1 is 0.962 bits per heavy atom. The fourth-order valence-electron chi connectivity index (χ4n) is 3.95. The summed E-state index contributed by atoms with van der Waals surface area (Å²) in [7, 11) is 0. The first-order valence-electron chi connectivity index (χ1n) is 9.40. The second-order valence-corrected chi connectivity index (χ2v) is 7.13. The molecule has 0 aliphatic carbocycles. The Balaban J connectivity index is 1.84. The highest BCUT2D eigenvalue weighted by atomic mass is 16.4. The molecular weight excluding hydrogens is 326 g/mol. The molecule has 4 heteroatoms. The molecule has 26 heavy (non-hydrogen) atoms. The van der Waals surface area contributed by atoms with Crippen molar-refractivity contribution in [2.75, 3.05) is 13.1 Å². The molecule has 4 nitrogen and oxygen atoms in total. The van der Waals surface area contributed by atoms with Crippen molar-refractivity contribution in [3.8, 4) is 16.9 Å². The number of hydrogen-bond donors (Lipinski definition) is 2. The van der Waals surface area contributed by atoms with Gasteiger partial charge in [0.05, 0.1) is 18.7 Å². The zero-order valence-corrected chi connectivity index (χ0v) is 14.8. The lowest BCUT2D eigenvalue weighted by atomic mass is 9.99. The maximum absolute atomic E-state index is 12.2. The number of phenols is 1. The van der Waals surface area contributed by atoms with Crippen LogP contribution in [0, 0.1) is 0 Å². The van der Waals surface area contributed by atoms with Crippen molar-refractivity contribution in [2.24, 2.45) is 0 Å². The minimum Gasteiger partial charge on any atom is -0.507 e. The average molecular weight is 350 g/mol. The average Bonchev–Trinajstić information content (AvgIpc) is 2.93. The smallest absolute Gasteiger partial charge is 0.336 e. The molecule has 0 amide bonds. The van der Waals surface area contributed by atoms with Crippen LogP contribution in [0.4, 0.5) is 0 Å². The summed E-state index contributed by atoms with van der Waals surface area (Å²) in [5.41, 5.74) is 2.71. The summed E-state index contributed by atoms with van der Waals surface area (Å²) >= 11 is 0. The third-order valence-electron chi connectivity index (χ3n) is 5.31. The maximum Gasteiger partial charge on any atom is 0.336 e. The minimum absolute atomic E-state index is 0.211. The molecule has 1 aliphatic rings. The molecule has 2 N–H and O–H groups in total. The lowest BCUT2D eigenvalue weighted by Gasteiger charge is -2.18. The first-order chi connectivity index (χ1) is 12.7. The Morgan fingerprint density at radius 2 is 1.69 bits per heavy atom.